The van der Waals surface area contributed by atoms with E-state index in [2.05, 4.69) is 15.7 Å². The number of carbonyl (C=O) groups excluding carboxylic acids is 2. The summed E-state index contributed by atoms with van der Waals surface area (Å²) in [5.41, 5.74) is 1.23. The number of anilines is 2. The first-order valence-corrected chi connectivity index (χ1v) is 9.80. The fourth-order valence-electron chi connectivity index (χ4n) is 2.98. The van der Waals surface area contributed by atoms with Crippen molar-refractivity contribution in [1.29, 1.82) is 0 Å². The Bertz CT molecular complexity index is 1110. The second-order valence-corrected chi connectivity index (χ2v) is 7.10. The highest BCUT2D eigenvalue weighted by atomic mass is 35.5. The second kappa shape index (κ2) is 9.37. The molecule has 0 radical (unpaired) electrons. The Labute approximate surface area is 178 Å². The molecule has 0 aliphatic heterocycles. The van der Waals surface area contributed by atoms with Crippen molar-refractivity contribution >= 4 is 34.8 Å². The number of carbonyl (C=O) groups is 2. The Morgan fingerprint density at radius 3 is 2.33 bits per heavy atom. The van der Waals surface area contributed by atoms with Gasteiger partial charge in [0.2, 0.25) is 11.8 Å². The number of benzene rings is 2. The molecular weight excluding hydrogens is 404 g/mol. The van der Waals surface area contributed by atoms with E-state index >= 15 is 0 Å². The van der Waals surface area contributed by atoms with Crippen molar-refractivity contribution in [2.45, 2.75) is 26.3 Å². The summed E-state index contributed by atoms with van der Waals surface area (Å²) in [6.45, 7) is 3.10. The minimum absolute atomic E-state index is 0.0495. The number of rotatable bonds is 6. The third kappa shape index (κ3) is 4.93. The number of nitrogens with zero attached hydrogens (tertiary/aromatic N) is 2. The number of aromatic nitrogens is 2. The standard InChI is InChI=1S/C22H21ClN4O3/c1-3-20(21(29)25-17-7-5-4-6-8-17)27-22(30)19(24-14(2)28)13-18(26-27)15-9-11-16(23)12-10-15/h4-13,20H,3H2,1-2H3,(H,24,28)(H,25,29)/t20-/m1/s1. The zero-order chi connectivity index (χ0) is 21.7. The molecule has 0 saturated carbocycles. The van der Waals surface area contributed by atoms with Crippen LogP contribution >= 0.6 is 11.6 Å². The third-order valence-electron chi connectivity index (χ3n) is 4.41. The van der Waals surface area contributed by atoms with Crippen LogP contribution in [0.25, 0.3) is 11.3 Å². The number of halogens is 1. The van der Waals surface area contributed by atoms with E-state index in [0.717, 1.165) is 4.68 Å². The Hall–Kier alpha value is -3.45. The molecule has 2 N–H and O–H groups in total. The minimum Gasteiger partial charge on any atom is -0.324 e. The van der Waals surface area contributed by atoms with Crippen molar-refractivity contribution in [3.05, 3.63) is 76.0 Å². The molecule has 2 aromatic carbocycles. The average Bonchev–Trinajstić information content (AvgIpc) is 2.72. The van der Waals surface area contributed by atoms with Crippen LogP contribution in [0.3, 0.4) is 0 Å². The predicted octanol–water partition coefficient (Wildman–Crippen LogP) is 4.11. The van der Waals surface area contributed by atoms with Gasteiger partial charge >= 0.3 is 0 Å². The van der Waals surface area contributed by atoms with Gasteiger partial charge in [-0.15, -0.1) is 0 Å². The molecule has 1 heterocycles. The number of amides is 2. The highest BCUT2D eigenvalue weighted by Crippen LogP contribution is 2.22. The average molecular weight is 425 g/mol. The first kappa shape index (κ1) is 21.3. The third-order valence-corrected chi connectivity index (χ3v) is 4.66. The van der Waals surface area contributed by atoms with Gasteiger partial charge in [0.1, 0.15) is 11.7 Å². The molecule has 154 valence electrons. The largest absolute Gasteiger partial charge is 0.324 e. The minimum atomic E-state index is -0.863. The fraction of sp³-hybridized carbons (Fsp3) is 0.182. The lowest BCUT2D eigenvalue weighted by Crippen LogP contribution is -2.36. The summed E-state index contributed by atoms with van der Waals surface area (Å²) in [7, 11) is 0. The maximum atomic E-state index is 13.0. The van der Waals surface area contributed by atoms with Gasteiger partial charge in [0.25, 0.3) is 5.56 Å². The zero-order valence-electron chi connectivity index (χ0n) is 16.6. The quantitative estimate of drug-likeness (QED) is 0.622. The van der Waals surface area contributed by atoms with E-state index in [1.165, 1.54) is 13.0 Å². The smallest absolute Gasteiger partial charge is 0.291 e. The summed E-state index contributed by atoms with van der Waals surface area (Å²) in [4.78, 5) is 37.5. The summed E-state index contributed by atoms with van der Waals surface area (Å²) < 4.78 is 1.12. The van der Waals surface area contributed by atoms with Crippen LogP contribution in [0.15, 0.2) is 65.5 Å². The Kier molecular flexibility index (Phi) is 6.64. The number of para-hydroxylation sites is 1. The van der Waals surface area contributed by atoms with Crippen molar-refractivity contribution in [3.63, 3.8) is 0 Å². The summed E-state index contributed by atoms with van der Waals surface area (Å²) in [6, 6.07) is 16.5. The van der Waals surface area contributed by atoms with Gasteiger partial charge in [-0.2, -0.15) is 5.10 Å². The van der Waals surface area contributed by atoms with Crippen LogP contribution in [0, 0.1) is 0 Å². The summed E-state index contributed by atoms with van der Waals surface area (Å²) >= 11 is 5.96. The van der Waals surface area contributed by atoms with Crippen LogP contribution < -0.4 is 16.2 Å². The van der Waals surface area contributed by atoms with Crippen LogP contribution in [0.4, 0.5) is 11.4 Å². The Morgan fingerprint density at radius 2 is 1.73 bits per heavy atom. The van der Waals surface area contributed by atoms with Crippen LogP contribution in [-0.4, -0.2) is 21.6 Å². The molecule has 3 aromatic rings. The van der Waals surface area contributed by atoms with Gasteiger partial charge in [0, 0.05) is 23.2 Å². The summed E-state index contributed by atoms with van der Waals surface area (Å²) in [5.74, 6) is -0.769. The normalized spacial score (nSPS) is 11.6. The van der Waals surface area contributed by atoms with Crippen molar-refractivity contribution < 1.29 is 9.59 Å². The molecule has 7 nitrogen and oxygen atoms in total. The van der Waals surface area contributed by atoms with E-state index in [-0.39, 0.29) is 11.6 Å². The van der Waals surface area contributed by atoms with Gasteiger partial charge in [-0.1, -0.05) is 48.9 Å². The molecule has 8 heteroatoms. The van der Waals surface area contributed by atoms with E-state index in [1.807, 2.05) is 6.07 Å². The molecule has 0 saturated heterocycles. The Balaban J connectivity index is 2.07. The fourth-order valence-corrected chi connectivity index (χ4v) is 3.11. The van der Waals surface area contributed by atoms with Crippen molar-refractivity contribution in [2.75, 3.05) is 10.6 Å². The SMILES string of the molecule is CC[C@H](C(=O)Nc1ccccc1)n1nc(-c2ccc(Cl)cc2)cc(NC(C)=O)c1=O. The molecule has 0 unspecified atom stereocenters. The molecule has 0 aliphatic carbocycles. The van der Waals surface area contributed by atoms with Crippen molar-refractivity contribution in [3.8, 4) is 11.3 Å². The van der Waals surface area contributed by atoms with Crippen LogP contribution in [0.2, 0.25) is 5.02 Å². The molecule has 0 bridgehead atoms. The number of hydrogen-bond acceptors (Lipinski definition) is 4. The lowest BCUT2D eigenvalue weighted by Gasteiger charge is -2.19. The van der Waals surface area contributed by atoms with E-state index in [9.17, 15) is 14.4 Å². The van der Waals surface area contributed by atoms with Crippen LogP contribution in [0.5, 0.6) is 0 Å². The molecule has 0 fully saturated rings. The van der Waals surface area contributed by atoms with Gasteiger partial charge in [-0.25, -0.2) is 4.68 Å². The summed E-state index contributed by atoms with van der Waals surface area (Å²) in [6.07, 6.45) is 0.329. The maximum Gasteiger partial charge on any atom is 0.291 e. The first-order valence-electron chi connectivity index (χ1n) is 9.42. The molecule has 3 rings (SSSR count). The van der Waals surface area contributed by atoms with Gasteiger partial charge in [-0.3, -0.25) is 14.4 Å². The van der Waals surface area contributed by atoms with Crippen LogP contribution in [-0.2, 0) is 9.59 Å². The molecule has 30 heavy (non-hydrogen) atoms. The van der Waals surface area contributed by atoms with E-state index < -0.39 is 17.5 Å². The highest BCUT2D eigenvalue weighted by Gasteiger charge is 2.23. The highest BCUT2D eigenvalue weighted by molar-refractivity contribution is 6.30. The second-order valence-electron chi connectivity index (χ2n) is 6.66. The van der Waals surface area contributed by atoms with Crippen molar-refractivity contribution in [2.24, 2.45) is 0 Å². The van der Waals surface area contributed by atoms with Crippen molar-refractivity contribution in [1.82, 2.24) is 9.78 Å². The van der Waals surface area contributed by atoms with Gasteiger partial charge in [0.15, 0.2) is 0 Å². The van der Waals surface area contributed by atoms with E-state index in [4.69, 9.17) is 11.6 Å². The first-order chi connectivity index (χ1) is 14.4. The summed E-state index contributed by atoms with van der Waals surface area (Å²) in [5, 5.41) is 10.3. The molecule has 2 amide bonds. The van der Waals surface area contributed by atoms with E-state index in [0.29, 0.717) is 28.4 Å². The number of nitrogens with one attached hydrogen (secondary N) is 2. The molecular formula is C22H21ClN4O3. The molecule has 0 aliphatic rings. The zero-order valence-corrected chi connectivity index (χ0v) is 17.3. The predicted molar refractivity (Wildman–Crippen MR) is 118 cm³/mol. The molecule has 0 spiro atoms. The monoisotopic (exact) mass is 424 g/mol. The maximum absolute atomic E-state index is 13.0. The number of hydrogen-bond donors (Lipinski definition) is 2. The molecule has 1 aromatic heterocycles. The van der Waals surface area contributed by atoms with Crippen LogP contribution in [0.1, 0.15) is 26.3 Å². The molecule has 1 atom stereocenters. The van der Waals surface area contributed by atoms with Gasteiger partial charge < -0.3 is 10.6 Å². The lowest BCUT2D eigenvalue weighted by molar-refractivity contribution is -0.119. The lowest BCUT2D eigenvalue weighted by atomic mass is 10.1. The van der Waals surface area contributed by atoms with Gasteiger partial charge in [-0.05, 0) is 36.8 Å². The topological polar surface area (TPSA) is 93.1 Å². The van der Waals surface area contributed by atoms with E-state index in [1.54, 1.807) is 55.5 Å². The Morgan fingerprint density at radius 1 is 1.07 bits per heavy atom. The van der Waals surface area contributed by atoms with Gasteiger partial charge in [0.05, 0.1) is 5.69 Å².